The number of nitro benzene ring substituents is 1. The van der Waals surface area contributed by atoms with Gasteiger partial charge < -0.3 is 4.90 Å². The molecule has 3 aromatic rings. The molecule has 1 fully saturated rings. The van der Waals surface area contributed by atoms with Crippen LogP contribution in [0.4, 0.5) is 5.69 Å². The molecule has 10 heteroatoms. The largest absolute Gasteiger partial charge is 0.340 e. The molecule has 32 heavy (non-hydrogen) atoms. The highest BCUT2D eigenvalue weighted by atomic mass is 16.6. The lowest BCUT2D eigenvalue weighted by Crippen LogP contribution is -2.48. The molecule has 1 aromatic heterocycles. The average molecular weight is 437 g/mol. The molecule has 0 aliphatic carbocycles. The Kier molecular flexibility index (Phi) is 6.13. The third kappa shape index (κ3) is 4.59. The number of H-pyrrole nitrogens is 1. The van der Waals surface area contributed by atoms with Gasteiger partial charge in [-0.2, -0.15) is 0 Å². The highest BCUT2D eigenvalue weighted by Gasteiger charge is 2.21. The van der Waals surface area contributed by atoms with Crippen LogP contribution < -0.4 is 11.1 Å². The summed E-state index contributed by atoms with van der Waals surface area (Å²) in [7, 11) is 0. The molecule has 0 bridgehead atoms. The highest BCUT2D eigenvalue weighted by molar-refractivity contribution is 5.80. The van der Waals surface area contributed by atoms with Crippen molar-refractivity contribution in [3.8, 4) is 0 Å². The first kappa shape index (κ1) is 21.4. The fraction of sp³-hybridized carbons (Fsp3) is 0.318. The van der Waals surface area contributed by atoms with Gasteiger partial charge in [0.15, 0.2) is 0 Å². The zero-order chi connectivity index (χ0) is 22.7. The molecule has 1 amide bonds. The van der Waals surface area contributed by atoms with Crippen molar-refractivity contribution in [2.24, 2.45) is 0 Å². The predicted molar refractivity (Wildman–Crippen MR) is 118 cm³/mol. The van der Waals surface area contributed by atoms with Crippen molar-refractivity contribution >= 4 is 22.4 Å². The van der Waals surface area contributed by atoms with Crippen LogP contribution in [0.15, 0.2) is 58.1 Å². The molecule has 166 valence electrons. The minimum absolute atomic E-state index is 0.0679. The van der Waals surface area contributed by atoms with Crippen molar-refractivity contribution < 1.29 is 9.72 Å². The Balaban J connectivity index is 1.33. The number of carbonyl (C=O) groups excluding carboxylic acids is 1. The Labute approximate surface area is 182 Å². The Morgan fingerprint density at radius 3 is 2.44 bits per heavy atom. The van der Waals surface area contributed by atoms with E-state index in [2.05, 4.69) is 10.00 Å². The van der Waals surface area contributed by atoms with Gasteiger partial charge >= 0.3 is 0 Å². The van der Waals surface area contributed by atoms with Crippen molar-refractivity contribution in [1.82, 2.24) is 19.6 Å². The van der Waals surface area contributed by atoms with Crippen LogP contribution in [0.3, 0.4) is 0 Å². The van der Waals surface area contributed by atoms with E-state index in [1.165, 1.54) is 10.7 Å². The zero-order valence-corrected chi connectivity index (χ0v) is 17.4. The summed E-state index contributed by atoms with van der Waals surface area (Å²) in [4.78, 5) is 51.8. The van der Waals surface area contributed by atoms with E-state index in [-0.39, 0.29) is 35.7 Å². The summed E-state index contributed by atoms with van der Waals surface area (Å²) < 4.78 is 1.20. The summed E-state index contributed by atoms with van der Waals surface area (Å²) in [5.41, 5.74) is 0.245. The van der Waals surface area contributed by atoms with E-state index in [1.807, 2.05) is 6.07 Å². The lowest BCUT2D eigenvalue weighted by atomic mass is 10.1. The standard InChI is InChI=1S/C22H23N5O5/c28-20(8-9-26-22(30)19-7-2-1-6-18(19)21(29)23-26)25-12-10-24(11-13-25)15-16-4-3-5-17(14-16)27(31)32/h1-7,14H,8-13,15H2,(H,23,29). The summed E-state index contributed by atoms with van der Waals surface area (Å²) in [5, 5.41) is 14.1. The number of amides is 1. The first-order chi connectivity index (χ1) is 15.4. The number of aromatic nitrogens is 2. The second kappa shape index (κ2) is 9.15. The van der Waals surface area contributed by atoms with Crippen LogP contribution in [0.5, 0.6) is 0 Å². The smallest absolute Gasteiger partial charge is 0.273 e. The lowest BCUT2D eigenvalue weighted by Gasteiger charge is -2.34. The summed E-state index contributed by atoms with van der Waals surface area (Å²) >= 11 is 0. The summed E-state index contributed by atoms with van der Waals surface area (Å²) in [6.07, 6.45) is 0.110. The normalized spacial score (nSPS) is 14.6. The number of aryl methyl sites for hydroxylation is 1. The topological polar surface area (TPSA) is 122 Å². The van der Waals surface area contributed by atoms with Crippen LogP contribution in [0, 0.1) is 10.1 Å². The lowest BCUT2D eigenvalue weighted by molar-refractivity contribution is -0.384. The van der Waals surface area contributed by atoms with E-state index in [0.717, 1.165) is 5.56 Å². The first-order valence-electron chi connectivity index (χ1n) is 10.4. The van der Waals surface area contributed by atoms with E-state index in [4.69, 9.17) is 0 Å². The van der Waals surface area contributed by atoms with E-state index in [9.17, 15) is 24.5 Å². The van der Waals surface area contributed by atoms with Gasteiger partial charge in [-0.3, -0.25) is 34.5 Å². The fourth-order valence-corrected chi connectivity index (χ4v) is 3.95. The molecule has 0 unspecified atom stereocenters. The van der Waals surface area contributed by atoms with Gasteiger partial charge in [-0.25, -0.2) is 4.68 Å². The Morgan fingerprint density at radius 2 is 1.72 bits per heavy atom. The van der Waals surface area contributed by atoms with Crippen molar-refractivity contribution in [2.45, 2.75) is 19.5 Å². The first-order valence-corrected chi connectivity index (χ1v) is 10.4. The van der Waals surface area contributed by atoms with Crippen LogP contribution in [0.25, 0.3) is 10.8 Å². The zero-order valence-electron chi connectivity index (χ0n) is 17.4. The molecule has 2 heterocycles. The third-order valence-electron chi connectivity index (χ3n) is 5.69. The van der Waals surface area contributed by atoms with Crippen molar-refractivity contribution in [1.29, 1.82) is 0 Å². The molecule has 1 N–H and O–H groups in total. The number of rotatable bonds is 6. The highest BCUT2D eigenvalue weighted by Crippen LogP contribution is 2.16. The van der Waals surface area contributed by atoms with Gasteiger partial charge in [0.05, 0.1) is 22.2 Å². The summed E-state index contributed by atoms with van der Waals surface area (Å²) in [6.45, 7) is 3.07. The van der Waals surface area contributed by atoms with Gasteiger partial charge in [0, 0.05) is 51.3 Å². The molecule has 10 nitrogen and oxygen atoms in total. The van der Waals surface area contributed by atoms with Crippen molar-refractivity contribution in [3.63, 3.8) is 0 Å². The van der Waals surface area contributed by atoms with E-state index in [1.54, 1.807) is 41.3 Å². The molecule has 1 saturated heterocycles. The number of nitrogens with zero attached hydrogens (tertiary/aromatic N) is 4. The van der Waals surface area contributed by atoms with Crippen LogP contribution >= 0.6 is 0 Å². The monoisotopic (exact) mass is 437 g/mol. The molecule has 0 radical (unpaired) electrons. The summed E-state index contributed by atoms with van der Waals surface area (Å²) in [6, 6.07) is 13.2. The molecular formula is C22H23N5O5. The maximum Gasteiger partial charge on any atom is 0.273 e. The minimum atomic E-state index is -0.409. The predicted octanol–water partition coefficient (Wildman–Crippen LogP) is 1.33. The van der Waals surface area contributed by atoms with Crippen molar-refractivity contribution in [3.05, 3.63) is 84.9 Å². The molecule has 2 aromatic carbocycles. The van der Waals surface area contributed by atoms with Crippen molar-refractivity contribution in [2.75, 3.05) is 26.2 Å². The number of benzene rings is 2. The van der Waals surface area contributed by atoms with Crippen LogP contribution in [0.2, 0.25) is 0 Å². The number of hydrogen-bond acceptors (Lipinski definition) is 6. The fourth-order valence-electron chi connectivity index (χ4n) is 3.95. The minimum Gasteiger partial charge on any atom is -0.340 e. The van der Waals surface area contributed by atoms with Gasteiger partial charge in [0.25, 0.3) is 16.8 Å². The number of hydrogen-bond donors (Lipinski definition) is 1. The Hall–Kier alpha value is -3.79. The van der Waals surface area contributed by atoms with Crippen LogP contribution in [-0.2, 0) is 17.9 Å². The molecule has 0 saturated carbocycles. The van der Waals surface area contributed by atoms with Crippen LogP contribution in [-0.4, -0.2) is 56.6 Å². The quantitative estimate of drug-likeness (QED) is 0.459. The summed E-state index contributed by atoms with van der Waals surface area (Å²) in [5.74, 6) is -0.0825. The number of fused-ring (bicyclic) bond motifs is 1. The third-order valence-corrected chi connectivity index (χ3v) is 5.69. The molecule has 1 aliphatic rings. The maximum absolute atomic E-state index is 12.6. The molecule has 1 aliphatic heterocycles. The van der Waals surface area contributed by atoms with Gasteiger partial charge in [-0.1, -0.05) is 24.3 Å². The molecule has 0 spiro atoms. The number of piperazine rings is 1. The number of nitro groups is 1. The van der Waals surface area contributed by atoms with E-state index < -0.39 is 4.92 Å². The Bertz CT molecular complexity index is 1270. The second-order valence-electron chi connectivity index (χ2n) is 7.78. The van der Waals surface area contributed by atoms with E-state index in [0.29, 0.717) is 43.5 Å². The van der Waals surface area contributed by atoms with Gasteiger partial charge in [-0.15, -0.1) is 0 Å². The second-order valence-corrected chi connectivity index (χ2v) is 7.78. The molecule has 4 rings (SSSR count). The SMILES string of the molecule is O=C(CCn1[nH]c(=O)c2ccccc2c1=O)N1CCN(Cc2cccc([N+](=O)[O-])c2)CC1. The van der Waals surface area contributed by atoms with Gasteiger partial charge in [-0.05, 0) is 17.7 Å². The number of nitrogens with one attached hydrogen (secondary N) is 1. The van der Waals surface area contributed by atoms with Gasteiger partial charge in [0.2, 0.25) is 5.91 Å². The van der Waals surface area contributed by atoms with Crippen LogP contribution in [0.1, 0.15) is 12.0 Å². The average Bonchev–Trinajstić information content (AvgIpc) is 2.81. The number of aromatic amines is 1. The number of non-ortho nitro benzene ring substituents is 1. The maximum atomic E-state index is 12.6. The number of carbonyl (C=O) groups is 1. The Morgan fingerprint density at radius 1 is 1.00 bits per heavy atom. The molecular weight excluding hydrogens is 414 g/mol. The molecule has 0 atom stereocenters. The van der Waals surface area contributed by atoms with Gasteiger partial charge in [0.1, 0.15) is 0 Å². The van der Waals surface area contributed by atoms with E-state index >= 15 is 0 Å².